The monoisotopic (exact) mass is 314 g/mol. The molecule has 0 radical (unpaired) electrons. The van der Waals surface area contributed by atoms with E-state index in [0.717, 1.165) is 19.5 Å². The van der Waals surface area contributed by atoms with E-state index in [-0.39, 0.29) is 16.7 Å². The van der Waals surface area contributed by atoms with Crippen molar-refractivity contribution >= 4 is 17.7 Å². The molecule has 1 aromatic heterocycles. The number of hydrogen-bond donors (Lipinski definition) is 2. The van der Waals surface area contributed by atoms with Crippen molar-refractivity contribution in [2.75, 3.05) is 13.1 Å². The Kier molecular flexibility index (Phi) is 7.10. The van der Waals surface area contributed by atoms with Crippen LogP contribution in [0.3, 0.4) is 0 Å². The zero-order valence-electron chi connectivity index (χ0n) is 13.5. The summed E-state index contributed by atoms with van der Waals surface area (Å²) in [6.45, 7) is 12.4. The fraction of sp³-hybridized carbons (Fsp3) is 0.846. The fourth-order valence-electron chi connectivity index (χ4n) is 1.59. The van der Waals surface area contributed by atoms with Gasteiger partial charge in [-0.1, -0.05) is 18.7 Å². The fourth-order valence-corrected chi connectivity index (χ4v) is 2.41. The van der Waals surface area contributed by atoms with Gasteiger partial charge in [-0.05, 0) is 51.1 Å². The van der Waals surface area contributed by atoms with Crippen LogP contribution in [0.15, 0.2) is 5.16 Å². The van der Waals surface area contributed by atoms with E-state index in [4.69, 9.17) is 0 Å². The summed E-state index contributed by atoms with van der Waals surface area (Å²) < 4.78 is 1.73. The third kappa shape index (κ3) is 6.90. The maximum Gasteiger partial charge on any atom is 0.233 e. The molecule has 0 aliphatic heterocycles. The van der Waals surface area contributed by atoms with Gasteiger partial charge in [-0.2, -0.15) is 0 Å². The molecule has 0 aliphatic rings. The van der Waals surface area contributed by atoms with E-state index in [0.29, 0.717) is 11.7 Å². The number of carbonyl (C=O) groups is 1. The van der Waals surface area contributed by atoms with Gasteiger partial charge < -0.3 is 10.6 Å². The third-order valence-corrected chi connectivity index (χ3v) is 3.65. The second-order valence-corrected chi connectivity index (χ2v) is 7.24. The highest BCUT2D eigenvalue weighted by molar-refractivity contribution is 8.00. The molecule has 1 aromatic rings. The van der Waals surface area contributed by atoms with Gasteiger partial charge in [0.25, 0.3) is 0 Å². The standard InChI is InChI=1S/C13H26N6OS/c1-6-7-14-8-9-19-12(16-17-18-19)21-10(2)11(20)15-13(3,4)5/h10,14H,6-9H2,1-5H3,(H,15,20). The van der Waals surface area contributed by atoms with Crippen molar-refractivity contribution in [3.63, 3.8) is 0 Å². The lowest BCUT2D eigenvalue weighted by atomic mass is 10.1. The third-order valence-electron chi connectivity index (χ3n) is 2.58. The summed E-state index contributed by atoms with van der Waals surface area (Å²) in [6.07, 6.45) is 1.10. The lowest BCUT2D eigenvalue weighted by Crippen LogP contribution is -2.44. The van der Waals surface area contributed by atoms with Crippen molar-refractivity contribution < 1.29 is 4.79 Å². The van der Waals surface area contributed by atoms with Crippen LogP contribution in [0, 0.1) is 0 Å². The predicted molar refractivity (Wildman–Crippen MR) is 84.2 cm³/mol. The molecule has 7 nitrogen and oxygen atoms in total. The van der Waals surface area contributed by atoms with Crippen molar-refractivity contribution in [3.8, 4) is 0 Å². The molecule has 0 bridgehead atoms. The Morgan fingerprint density at radius 1 is 1.38 bits per heavy atom. The van der Waals surface area contributed by atoms with Gasteiger partial charge in [0.05, 0.1) is 11.8 Å². The van der Waals surface area contributed by atoms with Gasteiger partial charge >= 0.3 is 0 Å². The summed E-state index contributed by atoms with van der Waals surface area (Å²) in [5.74, 6) is -0.00819. The van der Waals surface area contributed by atoms with Crippen LogP contribution in [-0.4, -0.2) is 50.0 Å². The Morgan fingerprint density at radius 2 is 2.10 bits per heavy atom. The lowest BCUT2D eigenvalue weighted by molar-refractivity contribution is -0.121. The summed E-state index contributed by atoms with van der Waals surface area (Å²) in [5, 5.41) is 18.3. The number of tetrazole rings is 1. The molecule has 0 aromatic carbocycles. The molecule has 8 heteroatoms. The van der Waals surface area contributed by atoms with Gasteiger partial charge in [0.1, 0.15) is 0 Å². The van der Waals surface area contributed by atoms with Crippen molar-refractivity contribution in [2.45, 2.75) is 63.5 Å². The largest absolute Gasteiger partial charge is 0.351 e. The highest BCUT2D eigenvalue weighted by atomic mass is 32.2. The first-order valence-corrected chi connectivity index (χ1v) is 8.17. The number of amides is 1. The summed E-state index contributed by atoms with van der Waals surface area (Å²) in [5.41, 5.74) is -0.234. The normalized spacial score (nSPS) is 13.2. The van der Waals surface area contributed by atoms with E-state index in [9.17, 15) is 4.79 Å². The van der Waals surface area contributed by atoms with E-state index >= 15 is 0 Å². The van der Waals surface area contributed by atoms with Gasteiger partial charge in [-0.25, -0.2) is 4.68 Å². The van der Waals surface area contributed by atoms with E-state index < -0.39 is 0 Å². The molecule has 21 heavy (non-hydrogen) atoms. The number of carbonyl (C=O) groups excluding carboxylic acids is 1. The average molecular weight is 314 g/mol. The zero-order valence-corrected chi connectivity index (χ0v) is 14.3. The molecule has 1 amide bonds. The Balaban J connectivity index is 2.51. The van der Waals surface area contributed by atoms with Gasteiger partial charge in [0.15, 0.2) is 0 Å². The molecular formula is C13H26N6OS. The Bertz CT molecular complexity index is 442. The number of hydrogen-bond acceptors (Lipinski definition) is 6. The van der Waals surface area contributed by atoms with E-state index in [1.807, 2.05) is 27.7 Å². The highest BCUT2D eigenvalue weighted by Crippen LogP contribution is 2.20. The second-order valence-electron chi connectivity index (χ2n) is 5.93. The minimum absolute atomic E-state index is 0.00819. The smallest absolute Gasteiger partial charge is 0.233 e. The first-order valence-electron chi connectivity index (χ1n) is 7.29. The van der Waals surface area contributed by atoms with Gasteiger partial charge in [0.2, 0.25) is 11.1 Å². The summed E-state index contributed by atoms with van der Waals surface area (Å²) in [6, 6.07) is 0. The molecule has 0 aliphatic carbocycles. The van der Waals surface area contributed by atoms with E-state index in [1.54, 1.807) is 4.68 Å². The van der Waals surface area contributed by atoms with Crippen molar-refractivity contribution in [1.82, 2.24) is 30.8 Å². The molecule has 1 unspecified atom stereocenters. The molecule has 1 atom stereocenters. The Labute approximate surface area is 130 Å². The van der Waals surface area contributed by atoms with E-state index in [1.165, 1.54) is 11.8 Å². The van der Waals surface area contributed by atoms with Gasteiger partial charge in [-0.3, -0.25) is 4.79 Å². The molecule has 120 valence electrons. The first kappa shape index (κ1) is 17.9. The maximum atomic E-state index is 12.1. The van der Waals surface area contributed by atoms with Crippen LogP contribution in [-0.2, 0) is 11.3 Å². The zero-order chi connectivity index (χ0) is 15.9. The van der Waals surface area contributed by atoms with Crippen LogP contribution >= 0.6 is 11.8 Å². The number of thioether (sulfide) groups is 1. The van der Waals surface area contributed by atoms with Crippen molar-refractivity contribution in [2.24, 2.45) is 0 Å². The number of rotatable bonds is 8. The van der Waals surface area contributed by atoms with Crippen molar-refractivity contribution in [3.05, 3.63) is 0 Å². The van der Waals surface area contributed by atoms with Gasteiger partial charge in [-0.15, -0.1) is 5.10 Å². The number of aromatic nitrogens is 4. The SMILES string of the molecule is CCCNCCn1nnnc1SC(C)C(=O)NC(C)(C)C. The molecular weight excluding hydrogens is 288 g/mol. The summed E-state index contributed by atoms with van der Waals surface area (Å²) in [4.78, 5) is 12.1. The molecule has 0 saturated carbocycles. The Morgan fingerprint density at radius 3 is 2.71 bits per heavy atom. The molecule has 2 N–H and O–H groups in total. The number of nitrogens with one attached hydrogen (secondary N) is 2. The van der Waals surface area contributed by atoms with Crippen LogP contribution in [0.25, 0.3) is 0 Å². The topological polar surface area (TPSA) is 84.7 Å². The van der Waals surface area contributed by atoms with E-state index in [2.05, 4.69) is 33.1 Å². The molecule has 1 heterocycles. The average Bonchev–Trinajstić information content (AvgIpc) is 2.80. The lowest BCUT2D eigenvalue weighted by Gasteiger charge is -2.22. The predicted octanol–water partition coefficient (Wildman–Crippen LogP) is 1.07. The molecule has 0 fully saturated rings. The maximum absolute atomic E-state index is 12.1. The molecule has 0 spiro atoms. The van der Waals surface area contributed by atoms with Crippen LogP contribution in [0.5, 0.6) is 0 Å². The minimum Gasteiger partial charge on any atom is -0.351 e. The minimum atomic E-state index is -0.238. The summed E-state index contributed by atoms with van der Waals surface area (Å²) in [7, 11) is 0. The molecule has 0 saturated heterocycles. The number of nitrogens with zero attached hydrogens (tertiary/aromatic N) is 4. The quantitative estimate of drug-likeness (QED) is 0.551. The van der Waals surface area contributed by atoms with Crippen LogP contribution in [0.1, 0.15) is 41.0 Å². The first-order chi connectivity index (χ1) is 9.83. The van der Waals surface area contributed by atoms with Gasteiger partial charge in [0, 0.05) is 12.1 Å². The highest BCUT2D eigenvalue weighted by Gasteiger charge is 2.22. The molecule has 1 rings (SSSR count). The van der Waals surface area contributed by atoms with Crippen LogP contribution in [0.2, 0.25) is 0 Å². The second kappa shape index (κ2) is 8.33. The Hall–Kier alpha value is -1.15. The van der Waals surface area contributed by atoms with Crippen molar-refractivity contribution in [1.29, 1.82) is 0 Å². The van der Waals surface area contributed by atoms with Crippen LogP contribution in [0.4, 0.5) is 0 Å². The summed E-state index contributed by atoms with van der Waals surface area (Å²) >= 11 is 1.38. The van der Waals surface area contributed by atoms with Crippen LogP contribution < -0.4 is 10.6 Å².